The standard InChI is InChI=1S/C16H26N6O4S2/c1-27(23,24)19-11-5-9-17-15-13-7-3-4-8-14(13)21-16(22-15)18-10-6-12-20-28(2,25)26/h3-4,7-8,19-20H,5-6,9-12H2,1-2H3,(H2,17,18,21,22). The van der Waals surface area contributed by atoms with E-state index >= 15 is 0 Å². The fourth-order valence-electron chi connectivity index (χ4n) is 2.39. The predicted octanol–water partition coefficient (Wildman–Crippen LogP) is 0.332. The summed E-state index contributed by atoms with van der Waals surface area (Å²) in [4.78, 5) is 8.95. The van der Waals surface area contributed by atoms with Gasteiger partial charge in [0.2, 0.25) is 26.0 Å². The first-order chi connectivity index (χ1) is 13.1. The zero-order chi connectivity index (χ0) is 20.6. The summed E-state index contributed by atoms with van der Waals surface area (Å²) in [6, 6.07) is 7.57. The van der Waals surface area contributed by atoms with E-state index in [1.54, 1.807) is 0 Å². The molecule has 4 N–H and O–H groups in total. The molecule has 12 heteroatoms. The molecule has 0 fully saturated rings. The lowest BCUT2D eigenvalue weighted by molar-refractivity contribution is 0.584. The molecule has 10 nitrogen and oxygen atoms in total. The Kier molecular flexibility index (Phi) is 7.92. The Morgan fingerprint density at radius 2 is 1.36 bits per heavy atom. The molecule has 28 heavy (non-hydrogen) atoms. The maximum absolute atomic E-state index is 11.1. The van der Waals surface area contributed by atoms with Crippen molar-refractivity contribution in [1.29, 1.82) is 0 Å². The molecule has 1 aromatic carbocycles. The number of rotatable bonds is 12. The first-order valence-corrected chi connectivity index (χ1v) is 12.6. The third kappa shape index (κ3) is 8.33. The van der Waals surface area contributed by atoms with Crippen LogP contribution in [0.25, 0.3) is 10.9 Å². The highest BCUT2D eigenvalue weighted by molar-refractivity contribution is 7.89. The number of hydrogen-bond donors (Lipinski definition) is 4. The summed E-state index contributed by atoms with van der Waals surface area (Å²) in [7, 11) is -6.38. The van der Waals surface area contributed by atoms with E-state index in [1.807, 2.05) is 24.3 Å². The summed E-state index contributed by atoms with van der Waals surface area (Å²) in [5, 5.41) is 7.18. The predicted molar refractivity (Wildman–Crippen MR) is 111 cm³/mol. The third-order valence-electron chi connectivity index (χ3n) is 3.61. The molecule has 0 aliphatic rings. The quantitative estimate of drug-likeness (QED) is 0.353. The maximum atomic E-state index is 11.1. The number of benzene rings is 1. The van der Waals surface area contributed by atoms with Crippen molar-refractivity contribution in [2.45, 2.75) is 12.8 Å². The van der Waals surface area contributed by atoms with Gasteiger partial charge in [0.1, 0.15) is 5.82 Å². The number of hydrogen-bond acceptors (Lipinski definition) is 8. The van der Waals surface area contributed by atoms with Gasteiger partial charge in [-0.3, -0.25) is 0 Å². The van der Waals surface area contributed by atoms with E-state index in [0.29, 0.717) is 50.8 Å². The Morgan fingerprint density at radius 1 is 0.786 bits per heavy atom. The van der Waals surface area contributed by atoms with Gasteiger partial charge in [0.05, 0.1) is 18.0 Å². The Labute approximate surface area is 165 Å². The molecule has 1 heterocycles. The monoisotopic (exact) mass is 430 g/mol. The Hall–Kier alpha value is -2.02. The SMILES string of the molecule is CS(=O)(=O)NCCCNc1nc(NCCCNS(C)(=O)=O)c2ccccc2n1. The van der Waals surface area contributed by atoms with Crippen LogP contribution in [0.2, 0.25) is 0 Å². The molecule has 0 radical (unpaired) electrons. The Balaban J connectivity index is 1.95. The molecule has 0 spiro atoms. The minimum Gasteiger partial charge on any atom is -0.369 e. The summed E-state index contributed by atoms with van der Waals surface area (Å²) >= 11 is 0. The molecule has 0 aliphatic carbocycles. The molecule has 0 atom stereocenters. The summed E-state index contributed by atoms with van der Waals surface area (Å²) in [5.41, 5.74) is 0.769. The highest BCUT2D eigenvalue weighted by Gasteiger charge is 2.07. The molecule has 1 aromatic heterocycles. The number of aromatic nitrogens is 2. The van der Waals surface area contributed by atoms with E-state index in [9.17, 15) is 16.8 Å². The van der Waals surface area contributed by atoms with Gasteiger partial charge in [-0.15, -0.1) is 0 Å². The second-order valence-corrected chi connectivity index (χ2v) is 9.97. The molecule has 0 bridgehead atoms. The van der Waals surface area contributed by atoms with Crippen molar-refractivity contribution < 1.29 is 16.8 Å². The summed E-state index contributed by atoms with van der Waals surface area (Å²) < 4.78 is 49.2. The van der Waals surface area contributed by atoms with Crippen LogP contribution in [-0.4, -0.2) is 65.5 Å². The first-order valence-electron chi connectivity index (χ1n) is 8.78. The van der Waals surface area contributed by atoms with Crippen LogP contribution >= 0.6 is 0 Å². The second-order valence-electron chi connectivity index (χ2n) is 6.31. The van der Waals surface area contributed by atoms with Crippen molar-refractivity contribution >= 4 is 42.7 Å². The average Bonchev–Trinajstić information content (AvgIpc) is 2.59. The summed E-state index contributed by atoms with van der Waals surface area (Å²) in [5.74, 6) is 1.09. The van der Waals surface area contributed by atoms with Crippen LogP contribution in [0.5, 0.6) is 0 Å². The van der Waals surface area contributed by atoms with Crippen molar-refractivity contribution in [3.05, 3.63) is 24.3 Å². The van der Waals surface area contributed by atoms with E-state index in [4.69, 9.17) is 0 Å². The molecule has 0 aliphatic heterocycles. The van der Waals surface area contributed by atoms with Crippen LogP contribution in [0.3, 0.4) is 0 Å². The fraction of sp³-hybridized carbons (Fsp3) is 0.500. The Morgan fingerprint density at radius 3 is 1.96 bits per heavy atom. The van der Waals surface area contributed by atoms with E-state index in [2.05, 4.69) is 30.0 Å². The molecule has 2 rings (SSSR count). The average molecular weight is 431 g/mol. The van der Waals surface area contributed by atoms with Gasteiger partial charge in [0, 0.05) is 31.6 Å². The highest BCUT2D eigenvalue weighted by Crippen LogP contribution is 2.21. The van der Waals surface area contributed by atoms with Crippen molar-refractivity contribution in [3.8, 4) is 0 Å². The van der Waals surface area contributed by atoms with Gasteiger partial charge >= 0.3 is 0 Å². The van der Waals surface area contributed by atoms with Crippen molar-refractivity contribution in [3.63, 3.8) is 0 Å². The molecule has 0 saturated carbocycles. The number of para-hydroxylation sites is 1. The van der Waals surface area contributed by atoms with Gasteiger partial charge in [-0.05, 0) is 25.0 Å². The number of anilines is 2. The van der Waals surface area contributed by atoms with Gasteiger partial charge in [-0.25, -0.2) is 31.3 Å². The van der Waals surface area contributed by atoms with Gasteiger partial charge in [0.25, 0.3) is 0 Å². The van der Waals surface area contributed by atoms with Crippen LogP contribution in [0.1, 0.15) is 12.8 Å². The molecular weight excluding hydrogens is 404 g/mol. The van der Waals surface area contributed by atoms with Crippen molar-refractivity contribution in [2.75, 3.05) is 49.3 Å². The van der Waals surface area contributed by atoms with E-state index in [-0.39, 0.29) is 0 Å². The summed E-state index contributed by atoms with van der Waals surface area (Å²) in [6.45, 7) is 1.73. The lowest BCUT2D eigenvalue weighted by atomic mass is 10.2. The van der Waals surface area contributed by atoms with Crippen LogP contribution in [0.4, 0.5) is 11.8 Å². The van der Waals surface area contributed by atoms with E-state index < -0.39 is 20.0 Å². The molecule has 0 unspecified atom stereocenters. The van der Waals surface area contributed by atoms with Crippen molar-refractivity contribution in [2.24, 2.45) is 0 Å². The normalized spacial score (nSPS) is 12.2. The second kappa shape index (κ2) is 9.96. The molecule has 0 saturated heterocycles. The van der Waals surface area contributed by atoms with Crippen LogP contribution in [0, 0.1) is 0 Å². The van der Waals surface area contributed by atoms with E-state index in [1.165, 1.54) is 0 Å². The molecule has 2 aromatic rings. The van der Waals surface area contributed by atoms with Crippen LogP contribution in [0.15, 0.2) is 24.3 Å². The molecular formula is C16H26N6O4S2. The van der Waals surface area contributed by atoms with Crippen molar-refractivity contribution in [1.82, 2.24) is 19.4 Å². The van der Waals surface area contributed by atoms with Gasteiger partial charge in [-0.2, -0.15) is 4.98 Å². The van der Waals surface area contributed by atoms with Gasteiger partial charge in [-0.1, -0.05) is 12.1 Å². The van der Waals surface area contributed by atoms with Gasteiger partial charge < -0.3 is 10.6 Å². The maximum Gasteiger partial charge on any atom is 0.225 e. The number of fused-ring (bicyclic) bond motifs is 1. The largest absolute Gasteiger partial charge is 0.369 e. The number of sulfonamides is 2. The topological polar surface area (TPSA) is 142 Å². The zero-order valence-corrected chi connectivity index (χ0v) is 17.5. The van der Waals surface area contributed by atoms with E-state index in [0.717, 1.165) is 23.4 Å². The van der Waals surface area contributed by atoms with Gasteiger partial charge in [0.15, 0.2) is 0 Å². The summed E-state index contributed by atoms with van der Waals surface area (Å²) in [6.07, 6.45) is 3.44. The highest BCUT2D eigenvalue weighted by atomic mass is 32.2. The Bertz CT molecular complexity index is 995. The third-order valence-corrected chi connectivity index (χ3v) is 5.07. The number of nitrogens with zero attached hydrogens (tertiary/aromatic N) is 2. The number of nitrogens with one attached hydrogen (secondary N) is 4. The minimum absolute atomic E-state index is 0.331. The zero-order valence-electron chi connectivity index (χ0n) is 15.9. The fourth-order valence-corrected chi connectivity index (χ4v) is 3.42. The van der Waals surface area contributed by atoms with Crippen LogP contribution < -0.4 is 20.1 Å². The lowest BCUT2D eigenvalue weighted by Gasteiger charge is -2.12. The smallest absolute Gasteiger partial charge is 0.225 e. The van der Waals surface area contributed by atoms with Crippen LogP contribution in [-0.2, 0) is 20.0 Å². The minimum atomic E-state index is -3.19. The lowest BCUT2D eigenvalue weighted by Crippen LogP contribution is -2.25. The molecule has 0 amide bonds. The molecule has 156 valence electrons. The first kappa shape index (κ1) is 22.3.